The third kappa shape index (κ3) is 2.92. The standard InChI is InChI=1S/C16H17NO2S/c17-8-7-12-3-1-2-4-16(12)20-13-5-6-14-15(11-13)19-10-9-18-14/h1-6,11H,7-10,17H2. The van der Waals surface area contributed by atoms with Crippen LogP contribution in [0.5, 0.6) is 11.5 Å². The molecule has 3 nitrogen and oxygen atoms in total. The molecule has 0 aliphatic carbocycles. The van der Waals surface area contributed by atoms with Gasteiger partial charge in [0.25, 0.3) is 0 Å². The first-order chi connectivity index (χ1) is 9.86. The molecule has 0 radical (unpaired) electrons. The van der Waals surface area contributed by atoms with Gasteiger partial charge < -0.3 is 15.2 Å². The molecule has 1 heterocycles. The number of fused-ring (bicyclic) bond motifs is 1. The first-order valence-electron chi connectivity index (χ1n) is 6.72. The summed E-state index contributed by atoms with van der Waals surface area (Å²) in [6.45, 7) is 1.91. The van der Waals surface area contributed by atoms with Gasteiger partial charge in [0.2, 0.25) is 0 Å². The maximum Gasteiger partial charge on any atom is 0.162 e. The lowest BCUT2D eigenvalue weighted by atomic mass is 10.1. The van der Waals surface area contributed by atoms with E-state index >= 15 is 0 Å². The summed E-state index contributed by atoms with van der Waals surface area (Å²) in [5.41, 5.74) is 6.96. The van der Waals surface area contributed by atoms with E-state index < -0.39 is 0 Å². The fourth-order valence-corrected chi connectivity index (χ4v) is 3.18. The van der Waals surface area contributed by atoms with Gasteiger partial charge in [-0.05, 0) is 42.8 Å². The fraction of sp³-hybridized carbons (Fsp3) is 0.250. The van der Waals surface area contributed by atoms with E-state index in [0.29, 0.717) is 19.8 Å². The van der Waals surface area contributed by atoms with E-state index in [1.807, 2.05) is 12.1 Å². The largest absolute Gasteiger partial charge is 0.486 e. The zero-order chi connectivity index (χ0) is 13.8. The highest BCUT2D eigenvalue weighted by Gasteiger charge is 2.12. The van der Waals surface area contributed by atoms with Gasteiger partial charge in [-0.2, -0.15) is 0 Å². The molecule has 0 spiro atoms. The van der Waals surface area contributed by atoms with Gasteiger partial charge in [0.15, 0.2) is 11.5 Å². The molecule has 1 aliphatic rings. The van der Waals surface area contributed by atoms with Crippen LogP contribution in [-0.4, -0.2) is 19.8 Å². The second kappa shape index (κ2) is 6.20. The van der Waals surface area contributed by atoms with Gasteiger partial charge in [0.05, 0.1) is 0 Å². The van der Waals surface area contributed by atoms with Crippen LogP contribution < -0.4 is 15.2 Å². The molecule has 2 aromatic carbocycles. The van der Waals surface area contributed by atoms with Gasteiger partial charge in [-0.3, -0.25) is 0 Å². The zero-order valence-electron chi connectivity index (χ0n) is 11.2. The normalized spacial score (nSPS) is 13.2. The Morgan fingerprint density at radius 2 is 1.80 bits per heavy atom. The number of hydrogen-bond donors (Lipinski definition) is 1. The lowest BCUT2D eigenvalue weighted by Crippen LogP contribution is -2.15. The second-order valence-corrected chi connectivity index (χ2v) is 5.67. The van der Waals surface area contributed by atoms with Gasteiger partial charge in [0, 0.05) is 9.79 Å². The van der Waals surface area contributed by atoms with Crippen molar-refractivity contribution < 1.29 is 9.47 Å². The summed E-state index contributed by atoms with van der Waals surface area (Å²) in [7, 11) is 0. The van der Waals surface area contributed by atoms with Crippen LogP contribution in [0.1, 0.15) is 5.56 Å². The number of ether oxygens (including phenoxy) is 2. The second-order valence-electron chi connectivity index (χ2n) is 4.55. The summed E-state index contributed by atoms with van der Waals surface area (Å²) in [5.74, 6) is 1.66. The van der Waals surface area contributed by atoms with Crippen LogP contribution in [0.2, 0.25) is 0 Å². The minimum absolute atomic E-state index is 0.616. The highest BCUT2D eigenvalue weighted by Crippen LogP contribution is 2.37. The van der Waals surface area contributed by atoms with Crippen molar-refractivity contribution in [3.8, 4) is 11.5 Å². The Kier molecular flexibility index (Phi) is 4.14. The van der Waals surface area contributed by atoms with Crippen molar-refractivity contribution >= 4 is 11.8 Å². The van der Waals surface area contributed by atoms with Crippen LogP contribution in [-0.2, 0) is 6.42 Å². The number of hydrogen-bond acceptors (Lipinski definition) is 4. The molecule has 0 saturated heterocycles. The van der Waals surface area contributed by atoms with E-state index in [1.165, 1.54) is 10.5 Å². The van der Waals surface area contributed by atoms with E-state index in [4.69, 9.17) is 15.2 Å². The molecule has 20 heavy (non-hydrogen) atoms. The Labute approximate surface area is 123 Å². The van der Waals surface area contributed by atoms with Gasteiger partial charge in [-0.25, -0.2) is 0 Å². The van der Waals surface area contributed by atoms with Gasteiger partial charge in [-0.15, -0.1) is 0 Å². The summed E-state index contributed by atoms with van der Waals surface area (Å²) in [5, 5.41) is 0. The van der Waals surface area contributed by atoms with Gasteiger partial charge >= 0.3 is 0 Å². The van der Waals surface area contributed by atoms with Crippen molar-refractivity contribution in [1.29, 1.82) is 0 Å². The predicted molar refractivity (Wildman–Crippen MR) is 80.8 cm³/mol. The zero-order valence-corrected chi connectivity index (χ0v) is 12.0. The maximum atomic E-state index is 5.67. The third-order valence-electron chi connectivity index (χ3n) is 3.13. The molecular weight excluding hydrogens is 270 g/mol. The van der Waals surface area contributed by atoms with Crippen molar-refractivity contribution in [3.05, 3.63) is 48.0 Å². The molecule has 2 aromatic rings. The fourth-order valence-electron chi connectivity index (χ4n) is 2.18. The molecule has 3 rings (SSSR count). The first kappa shape index (κ1) is 13.3. The topological polar surface area (TPSA) is 44.5 Å². The summed E-state index contributed by atoms with van der Waals surface area (Å²) in [6.07, 6.45) is 0.897. The Morgan fingerprint density at radius 3 is 2.65 bits per heavy atom. The average molecular weight is 287 g/mol. The molecule has 0 fully saturated rings. The average Bonchev–Trinajstić information content (AvgIpc) is 2.49. The molecule has 0 bridgehead atoms. The van der Waals surface area contributed by atoms with Crippen LogP contribution >= 0.6 is 11.8 Å². The van der Waals surface area contributed by atoms with Crippen molar-refractivity contribution in [3.63, 3.8) is 0 Å². The van der Waals surface area contributed by atoms with Crippen LogP contribution in [0.25, 0.3) is 0 Å². The minimum Gasteiger partial charge on any atom is -0.486 e. The highest BCUT2D eigenvalue weighted by molar-refractivity contribution is 7.99. The van der Waals surface area contributed by atoms with Gasteiger partial charge in [-0.1, -0.05) is 30.0 Å². The van der Waals surface area contributed by atoms with Crippen molar-refractivity contribution in [2.75, 3.05) is 19.8 Å². The summed E-state index contributed by atoms with van der Waals surface area (Å²) in [4.78, 5) is 2.40. The molecule has 2 N–H and O–H groups in total. The highest BCUT2D eigenvalue weighted by atomic mass is 32.2. The van der Waals surface area contributed by atoms with Crippen molar-refractivity contribution in [1.82, 2.24) is 0 Å². The summed E-state index contributed by atoms with van der Waals surface area (Å²) < 4.78 is 11.2. The molecule has 0 atom stereocenters. The number of nitrogens with two attached hydrogens (primary N) is 1. The summed E-state index contributed by atoms with van der Waals surface area (Å²) in [6, 6.07) is 14.5. The number of rotatable bonds is 4. The van der Waals surface area contributed by atoms with E-state index in [9.17, 15) is 0 Å². The molecule has 0 saturated carbocycles. The lowest BCUT2D eigenvalue weighted by molar-refractivity contribution is 0.171. The Bertz CT molecular complexity index is 601. The molecule has 0 amide bonds. The molecule has 0 aromatic heterocycles. The molecular formula is C16H17NO2S. The Hall–Kier alpha value is -1.65. The smallest absolute Gasteiger partial charge is 0.162 e. The maximum absolute atomic E-state index is 5.67. The van der Waals surface area contributed by atoms with Crippen molar-refractivity contribution in [2.45, 2.75) is 16.2 Å². The van der Waals surface area contributed by atoms with E-state index in [1.54, 1.807) is 11.8 Å². The van der Waals surface area contributed by atoms with Gasteiger partial charge in [0.1, 0.15) is 13.2 Å². The molecule has 0 unspecified atom stereocenters. The summed E-state index contributed by atoms with van der Waals surface area (Å²) >= 11 is 1.74. The molecule has 104 valence electrons. The first-order valence-corrected chi connectivity index (χ1v) is 7.54. The lowest BCUT2D eigenvalue weighted by Gasteiger charge is -2.19. The van der Waals surface area contributed by atoms with Crippen LogP contribution in [0, 0.1) is 0 Å². The quantitative estimate of drug-likeness (QED) is 0.938. The van der Waals surface area contributed by atoms with Crippen LogP contribution in [0.15, 0.2) is 52.3 Å². The third-order valence-corrected chi connectivity index (χ3v) is 4.24. The van der Waals surface area contributed by atoms with Crippen molar-refractivity contribution in [2.24, 2.45) is 5.73 Å². The molecule has 4 heteroatoms. The molecule has 1 aliphatic heterocycles. The van der Waals surface area contributed by atoms with E-state index in [-0.39, 0.29) is 0 Å². The van der Waals surface area contributed by atoms with E-state index in [0.717, 1.165) is 22.8 Å². The minimum atomic E-state index is 0.616. The SMILES string of the molecule is NCCc1ccccc1Sc1ccc2c(c1)OCCO2. The predicted octanol–water partition coefficient (Wildman–Crippen LogP) is 3.11. The number of benzene rings is 2. The van der Waals surface area contributed by atoms with Crippen LogP contribution in [0.3, 0.4) is 0 Å². The van der Waals surface area contributed by atoms with E-state index in [2.05, 4.69) is 30.3 Å². The Morgan fingerprint density at radius 1 is 1.00 bits per heavy atom. The monoisotopic (exact) mass is 287 g/mol. The Balaban J connectivity index is 1.84. The van der Waals surface area contributed by atoms with Crippen LogP contribution in [0.4, 0.5) is 0 Å².